The fourth-order valence-corrected chi connectivity index (χ4v) is 7.53. The summed E-state index contributed by atoms with van der Waals surface area (Å²) in [6.07, 6.45) is 51.8. The highest BCUT2D eigenvalue weighted by molar-refractivity contribution is 5.72. The molecule has 0 amide bonds. The number of rotatable bonds is 46. The van der Waals surface area contributed by atoms with Gasteiger partial charge in [-0.25, -0.2) is 4.79 Å². The lowest BCUT2D eigenvalue weighted by Gasteiger charge is -2.31. The van der Waals surface area contributed by atoms with Crippen molar-refractivity contribution in [2.75, 3.05) is 41.0 Å². The summed E-state index contributed by atoms with van der Waals surface area (Å²) >= 11 is 0. The molecule has 8 heteroatoms. The molecule has 0 rings (SSSR count). The molecule has 0 radical (unpaired) electrons. The number of nitrogens with zero attached hydrogens (tertiary/aromatic N) is 1. The van der Waals surface area contributed by atoms with Crippen molar-refractivity contribution in [3.63, 3.8) is 0 Å². The predicted octanol–water partition coefficient (Wildman–Crippen LogP) is 14.6. The first-order chi connectivity index (χ1) is 29.6. The Morgan fingerprint density at radius 2 is 0.869 bits per heavy atom. The Bertz CT molecular complexity index is 1090. The predicted molar refractivity (Wildman–Crippen MR) is 257 cm³/mol. The molecule has 0 aliphatic heterocycles. The van der Waals surface area contributed by atoms with Crippen LogP contribution in [0.15, 0.2) is 36.5 Å². The number of carboxylic acid groups (broad SMARTS) is 1. The zero-order chi connectivity index (χ0) is 44.9. The van der Waals surface area contributed by atoms with Crippen LogP contribution in [-0.2, 0) is 28.6 Å². The Labute approximate surface area is 376 Å². The van der Waals surface area contributed by atoms with Gasteiger partial charge in [-0.3, -0.25) is 9.59 Å². The zero-order valence-corrected chi connectivity index (χ0v) is 40.6. The summed E-state index contributed by atoms with van der Waals surface area (Å²) in [5, 5.41) is 9.65. The molecule has 0 heterocycles. The molecular weight excluding hydrogens is 763 g/mol. The van der Waals surface area contributed by atoms with E-state index in [0.29, 0.717) is 19.3 Å². The minimum Gasteiger partial charge on any atom is -0.477 e. The number of carboxylic acids is 1. The third-order valence-electron chi connectivity index (χ3n) is 11.5. The van der Waals surface area contributed by atoms with Crippen LogP contribution in [0.25, 0.3) is 0 Å². The zero-order valence-electron chi connectivity index (χ0n) is 40.6. The van der Waals surface area contributed by atoms with Crippen LogP contribution in [0.5, 0.6) is 0 Å². The average Bonchev–Trinajstić information content (AvgIpc) is 3.22. The van der Waals surface area contributed by atoms with E-state index in [4.69, 9.17) is 14.2 Å². The van der Waals surface area contributed by atoms with Crippen LogP contribution >= 0.6 is 0 Å². The van der Waals surface area contributed by atoms with Crippen LogP contribution < -0.4 is 0 Å². The third-order valence-corrected chi connectivity index (χ3v) is 11.5. The Morgan fingerprint density at radius 3 is 1.31 bits per heavy atom. The molecule has 0 saturated carbocycles. The number of unbranched alkanes of at least 4 members (excludes halogenated alkanes) is 26. The van der Waals surface area contributed by atoms with E-state index in [0.717, 1.165) is 44.9 Å². The summed E-state index contributed by atoms with van der Waals surface area (Å²) in [5.74, 6) is -1.47. The molecule has 0 aliphatic rings. The van der Waals surface area contributed by atoms with Crippen molar-refractivity contribution >= 4 is 17.9 Å². The topological polar surface area (TPSA) is 99.1 Å². The molecular formula is C53H98NO7+. The molecule has 8 nitrogen and oxygen atoms in total. The quantitative estimate of drug-likeness (QED) is 0.0282. The molecule has 2 atom stereocenters. The minimum absolute atomic E-state index is 0.0530. The molecule has 0 spiro atoms. The maximum absolute atomic E-state index is 12.8. The van der Waals surface area contributed by atoms with Gasteiger partial charge in [0.2, 0.25) is 0 Å². The van der Waals surface area contributed by atoms with E-state index >= 15 is 0 Å². The second-order valence-electron chi connectivity index (χ2n) is 18.4. The number of ether oxygens (including phenoxy) is 3. The van der Waals surface area contributed by atoms with Crippen LogP contribution in [0.2, 0.25) is 0 Å². The molecule has 356 valence electrons. The molecule has 0 aromatic carbocycles. The van der Waals surface area contributed by atoms with E-state index in [2.05, 4.69) is 50.3 Å². The lowest BCUT2D eigenvalue weighted by molar-refractivity contribution is -0.887. The lowest BCUT2D eigenvalue weighted by atomic mass is 10.1. The van der Waals surface area contributed by atoms with Crippen molar-refractivity contribution in [1.29, 1.82) is 0 Å². The first-order valence-electron chi connectivity index (χ1n) is 25.5. The minimum atomic E-state index is -0.875. The normalized spacial score (nSPS) is 13.1. The van der Waals surface area contributed by atoms with Gasteiger partial charge in [-0.2, -0.15) is 0 Å². The Kier molecular flexibility index (Phi) is 42.4. The van der Waals surface area contributed by atoms with E-state index in [1.165, 1.54) is 154 Å². The summed E-state index contributed by atoms with van der Waals surface area (Å²) < 4.78 is 17.4. The van der Waals surface area contributed by atoms with Gasteiger partial charge in [0.05, 0.1) is 34.4 Å². The molecule has 0 aromatic rings. The number of carbonyl (C=O) groups is 3. The van der Waals surface area contributed by atoms with Gasteiger partial charge in [0.25, 0.3) is 0 Å². The molecule has 1 N–H and O–H groups in total. The number of allylic oxidation sites excluding steroid dienone is 6. The highest BCUT2D eigenvalue weighted by Gasteiger charge is 2.31. The molecule has 0 aliphatic carbocycles. The van der Waals surface area contributed by atoms with Crippen LogP contribution in [0.1, 0.15) is 232 Å². The van der Waals surface area contributed by atoms with Gasteiger partial charge in [-0.1, -0.05) is 179 Å². The maximum atomic E-state index is 12.8. The van der Waals surface area contributed by atoms with E-state index in [1.807, 2.05) is 21.1 Å². The second-order valence-corrected chi connectivity index (χ2v) is 18.4. The van der Waals surface area contributed by atoms with Crippen LogP contribution in [0, 0.1) is 0 Å². The van der Waals surface area contributed by atoms with Gasteiger partial charge in [0, 0.05) is 19.3 Å². The Hall–Kier alpha value is -2.45. The summed E-state index contributed by atoms with van der Waals surface area (Å²) in [6.45, 7) is 4.73. The number of hydrogen-bond acceptors (Lipinski definition) is 6. The fraction of sp³-hybridized carbons (Fsp3) is 0.830. The first kappa shape index (κ1) is 58.6. The summed E-state index contributed by atoms with van der Waals surface area (Å²) in [5.41, 5.74) is 0. The molecule has 0 bridgehead atoms. The number of hydrogen-bond donors (Lipinski definition) is 1. The average molecular weight is 861 g/mol. The van der Waals surface area contributed by atoms with E-state index in [-0.39, 0.29) is 36.2 Å². The van der Waals surface area contributed by atoms with Crippen LogP contribution in [-0.4, -0.2) is 80.6 Å². The van der Waals surface area contributed by atoms with Crippen molar-refractivity contribution in [2.45, 2.75) is 244 Å². The van der Waals surface area contributed by atoms with Crippen molar-refractivity contribution < 1.29 is 38.2 Å². The molecule has 0 fully saturated rings. The number of likely N-dealkylation sites (N-methyl/N-ethyl adjacent to an activating group) is 1. The largest absolute Gasteiger partial charge is 0.477 e. The van der Waals surface area contributed by atoms with Gasteiger partial charge in [0.15, 0.2) is 12.1 Å². The lowest BCUT2D eigenvalue weighted by Crippen LogP contribution is -2.50. The third kappa shape index (κ3) is 42.6. The summed E-state index contributed by atoms with van der Waals surface area (Å²) in [7, 11) is 5.54. The highest BCUT2D eigenvalue weighted by Crippen LogP contribution is 2.15. The van der Waals surface area contributed by atoms with Gasteiger partial charge < -0.3 is 23.8 Å². The monoisotopic (exact) mass is 861 g/mol. The van der Waals surface area contributed by atoms with Gasteiger partial charge in [0.1, 0.15) is 6.61 Å². The van der Waals surface area contributed by atoms with Crippen LogP contribution in [0.3, 0.4) is 0 Å². The summed E-state index contributed by atoms with van der Waals surface area (Å²) in [6, 6.07) is -0.616. The number of aliphatic carboxylic acids is 1. The smallest absolute Gasteiger partial charge is 0.362 e. The van der Waals surface area contributed by atoms with Gasteiger partial charge >= 0.3 is 17.9 Å². The van der Waals surface area contributed by atoms with E-state index in [1.54, 1.807) is 0 Å². The Morgan fingerprint density at radius 1 is 0.492 bits per heavy atom. The Balaban J connectivity index is 4.26. The number of carbonyl (C=O) groups excluding carboxylic acids is 2. The molecule has 61 heavy (non-hydrogen) atoms. The fourth-order valence-electron chi connectivity index (χ4n) is 7.53. The van der Waals surface area contributed by atoms with Gasteiger partial charge in [-0.05, 0) is 70.6 Å². The van der Waals surface area contributed by atoms with Crippen molar-refractivity contribution in [3.05, 3.63) is 36.5 Å². The van der Waals surface area contributed by atoms with Crippen molar-refractivity contribution in [1.82, 2.24) is 0 Å². The summed E-state index contributed by atoms with van der Waals surface area (Å²) in [4.78, 5) is 37.1. The van der Waals surface area contributed by atoms with Crippen molar-refractivity contribution in [2.24, 2.45) is 0 Å². The molecule has 0 aromatic heterocycles. The van der Waals surface area contributed by atoms with E-state index < -0.39 is 18.1 Å². The number of esters is 2. The van der Waals surface area contributed by atoms with Gasteiger partial charge in [-0.15, -0.1) is 0 Å². The highest BCUT2D eigenvalue weighted by atomic mass is 16.6. The van der Waals surface area contributed by atoms with Crippen molar-refractivity contribution in [3.8, 4) is 0 Å². The SMILES string of the molecule is CCCCC/C=C\C/C=C\CCCCCCCCCCCC(=O)OC(COCCC(C(=O)O)[N+](C)(C)C)COC(=O)CCCCCCCCC/C=C\CCCCCCCCC. The molecule has 2 unspecified atom stereocenters. The number of quaternary nitrogens is 1. The molecule has 0 saturated heterocycles. The second kappa shape index (κ2) is 44.2. The van der Waals surface area contributed by atoms with E-state index in [9.17, 15) is 19.5 Å². The standard InChI is InChI=1S/C53H97NO7/c1-6-8-10-12-14-16-18-20-22-24-26-28-30-32-34-36-38-40-42-44-52(56)61-49(47-59-46-45-50(53(57)58)54(3,4)5)48-60-51(55)43-41-39-37-35-33-31-29-27-25-23-21-19-17-15-13-11-9-7-2/h14,16,20,22-23,25,49-50H,6-13,15,17-19,21,24,26-48H2,1-5H3/p+1/b16-14-,22-20-,25-23-. The first-order valence-corrected chi connectivity index (χ1v) is 25.5. The maximum Gasteiger partial charge on any atom is 0.362 e. The van der Waals surface area contributed by atoms with Crippen LogP contribution in [0.4, 0.5) is 0 Å².